The van der Waals surface area contributed by atoms with Crippen molar-refractivity contribution in [1.82, 2.24) is 15.1 Å². The molecule has 0 saturated heterocycles. The highest BCUT2D eigenvalue weighted by Gasteiger charge is 2.37. The van der Waals surface area contributed by atoms with Gasteiger partial charge in [-0.25, -0.2) is 24.4 Å². The summed E-state index contributed by atoms with van der Waals surface area (Å²) < 4.78 is 16.7. The van der Waals surface area contributed by atoms with Crippen LogP contribution in [0.2, 0.25) is 0 Å². The number of nitrogens with zero attached hydrogens (tertiary/aromatic N) is 4. The molecule has 3 aromatic rings. The SMILES string of the molecule is CC(C)(C)OC(=O)N(C(=O)OC(C)(C)C)c1ncc(C2=CC=C(C(=O)O)CC2)nc1-c1cc(-c2ccccc2)no1. The molecular formula is C30H32N4O7. The number of benzene rings is 1. The van der Waals surface area contributed by atoms with E-state index >= 15 is 0 Å². The van der Waals surface area contributed by atoms with E-state index in [1.165, 1.54) is 12.3 Å². The average Bonchev–Trinajstić information content (AvgIpc) is 3.38. The van der Waals surface area contributed by atoms with Crippen LogP contribution >= 0.6 is 0 Å². The fraction of sp³-hybridized carbons (Fsp3) is 0.333. The third kappa shape index (κ3) is 7.24. The second-order valence-electron chi connectivity index (χ2n) is 11.4. The van der Waals surface area contributed by atoms with E-state index in [1.807, 2.05) is 30.3 Å². The fourth-order valence-corrected chi connectivity index (χ4v) is 3.89. The molecule has 0 unspecified atom stereocenters. The summed E-state index contributed by atoms with van der Waals surface area (Å²) >= 11 is 0. The second-order valence-corrected chi connectivity index (χ2v) is 11.4. The summed E-state index contributed by atoms with van der Waals surface area (Å²) in [5.74, 6) is -1.02. The number of carboxylic acid groups (broad SMARTS) is 1. The predicted molar refractivity (Wildman–Crippen MR) is 151 cm³/mol. The van der Waals surface area contributed by atoms with Crippen molar-refractivity contribution >= 4 is 29.5 Å². The van der Waals surface area contributed by atoms with Crippen molar-refractivity contribution in [2.75, 3.05) is 4.90 Å². The zero-order valence-electron chi connectivity index (χ0n) is 23.8. The molecule has 4 rings (SSSR count). The summed E-state index contributed by atoms with van der Waals surface area (Å²) in [6.45, 7) is 10.0. The number of rotatable bonds is 5. The maximum Gasteiger partial charge on any atom is 0.425 e. The molecular weight excluding hydrogens is 528 g/mol. The van der Waals surface area contributed by atoms with Crippen LogP contribution < -0.4 is 4.90 Å². The lowest BCUT2D eigenvalue weighted by atomic mass is 9.96. The van der Waals surface area contributed by atoms with E-state index in [2.05, 4.69) is 10.1 Å². The number of carbonyl (C=O) groups is 3. The van der Waals surface area contributed by atoms with Crippen LogP contribution in [0.15, 0.2) is 64.8 Å². The first-order chi connectivity index (χ1) is 19.2. The molecule has 1 aromatic carbocycles. The van der Waals surface area contributed by atoms with Crippen molar-refractivity contribution in [1.29, 1.82) is 0 Å². The van der Waals surface area contributed by atoms with E-state index in [0.717, 1.165) is 11.1 Å². The zero-order valence-corrected chi connectivity index (χ0v) is 23.8. The topological polar surface area (TPSA) is 145 Å². The number of aliphatic carboxylic acids is 1. The molecule has 1 aliphatic carbocycles. The van der Waals surface area contributed by atoms with E-state index in [1.54, 1.807) is 53.7 Å². The Morgan fingerprint density at radius 1 is 0.902 bits per heavy atom. The van der Waals surface area contributed by atoms with Crippen molar-refractivity contribution in [2.24, 2.45) is 0 Å². The molecule has 0 bridgehead atoms. The first kappa shape index (κ1) is 29.2. The molecule has 2 heterocycles. The van der Waals surface area contributed by atoms with Crippen LogP contribution in [0.4, 0.5) is 15.4 Å². The van der Waals surface area contributed by atoms with Gasteiger partial charge < -0.3 is 19.1 Å². The minimum absolute atomic E-state index is 0.0443. The molecule has 0 saturated carbocycles. The zero-order chi connectivity index (χ0) is 29.9. The van der Waals surface area contributed by atoms with Crippen LogP contribution in [-0.2, 0) is 14.3 Å². The highest BCUT2D eigenvalue weighted by molar-refractivity contribution is 6.10. The van der Waals surface area contributed by atoms with Gasteiger partial charge in [0, 0.05) is 17.2 Å². The lowest BCUT2D eigenvalue weighted by molar-refractivity contribution is -0.132. The lowest BCUT2D eigenvalue weighted by Gasteiger charge is -2.28. The fourth-order valence-electron chi connectivity index (χ4n) is 3.89. The number of anilines is 1. The van der Waals surface area contributed by atoms with Crippen LogP contribution in [-0.4, -0.2) is 49.6 Å². The molecule has 2 amide bonds. The number of hydrogen-bond acceptors (Lipinski definition) is 9. The third-order valence-corrected chi connectivity index (χ3v) is 5.68. The number of amides is 2. The maximum absolute atomic E-state index is 13.4. The molecule has 0 spiro atoms. The lowest BCUT2D eigenvalue weighted by Crippen LogP contribution is -2.44. The number of hydrogen-bond donors (Lipinski definition) is 1. The van der Waals surface area contributed by atoms with Gasteiger partial charge in [0.05, 0.1) is 11.9 Å². The Balaban J connectivity index is 1.88. The van der Waals surface area contributed by atoms with Gasteiger partial charge in [0.2, 0.25) is 0 Å². The Morgan fingerprint density at radius 3 is 2.07 bits per heavy atom. The van der Waals surface area contributed by atoms with Crippen molar-refractivity contribution < 1.29 is 33.5 Å². The van der Waals surface area contributed by atoms with Crippen molar-refractivity contribution in [2.45, 2.75) is 65.6 Å². The smallest absolute Gasteiger partial charge is 0.425 e. The molecule has 1 aliphatic rings. The largest absolute Gasteiger partial charge is 0.478 e. The summed E-state index contributed by atoms with van der Waals surface area (Å²) in [4.78, 5) is 48.0. The van der Waals surface area contributed by atoms with Gasteiger partial charge in [-0.05, 0) is 60.0 Å². The Hall–Kier alpha value is -4.80. The molecule has 41 heavy (non-hydrogen) atoms. The Bertz CT molecular complexity index is 1500. The summed E-state index contributed by atoms with van der Waals surface area (Å²) in [6, 6.07) is 10.9. The van der Waals surface area contributed by atoms with E-state index in [4.69, 9.17) is 19.0 Å². The Kier molecular flexibility index (Phi) is 8.09. The molecule has 1 N–H and O–H groups in total. The van der Waals surface area contributed by atoms with Gasteiger partial charge in [-0.15, -0.1) is 0 Å². The third-order valence-electron chi connectivity index (χ3n) is 5.68. The van der Waals surface area contributed by atoms with Gasteiger partial charge in [0.1, 0.15) is 16.9 Å². The van der Waals surface area contributed by atoms with Crippen molar-refractivity contribution in [3.05, 3.63) is 66.0 Å². The van der Waals surface area contributed by atoms with Crippen LogP contribution in [0, 0.1) is 0 Å². The first-order valence-electron chi connectivity index (χ1n) is 13.0. The van der Waals surface area contributed by atoms with Crippen LogP contribution in [0.3, 0.4) is 0 Å². The summed E-state index contributed by atoms with van der Waals surface area (Å²) in [5.41, 5.74) is 0.883. The monoisotopic (exact) mass is 560 g/mol. The quantitative estimate of drug-likeness (QED) is 0.359. The van der Waals surface area contributed by atoms with Crippen LogP contribution in [0.1, 0.15) is 60.1 Å². The van der Waals surface area contributed by atoms with Gasteiger partial charge >= 0.3 is 18.2 Å². The van der Waals surface area contributed by atoms with Gasteiger partial charge in [-0.3, -0.25) is 0 Å². The van der Waals surface area contributed by atoms with Gasteiger partial charge in [0.15, 0.2) is 17.3 Å². The number of carbonyl (C=O) groups excluding carboxylic acids is 2. The van der Waals surface area contributed by atoms with E-state index in [9.17, 15) is 19.5 Å². The minimum atomic E-state index is -1.01. The molecule has 0 atom stereocenters. The molecule has 2 aromatic heterocycles. The van der Waals surface area contributed by atoms with Gasteiger partial charge in [0.25, 0.3) is 0 Å². The molecule has 11 nitrogen and oxygen atoms in total. The van der Waals surface area contributed by atoms with Crippen molar-refractivity contribution in [3.63, 3.8) is 0 Å². The second kappa shape index (κ2) is 11.4. The highest BCUT2D eigenvalue weighted by atomic mass is 16.6. The molecule has 11 heteroatoms. The minimum Gasteiger partial charge on any atom is -0.478 e. The average molecular weight is 561 g/mol. The standard InChI is InChI=1S/C30H32N4O7/c1-29(2,3)39-27(37)34(28(38)40-30(4,5)6)25-24(23-16-21(33-41-23)18-10-8-7-9-11-18)32-22(17-31-25)19-12-14-20(15-13-19)26(35)36/h7-12,14,16-17H,13,15H2,1-6H3,(H,35,36). The summed E-state index contributed by atoms with van der Waals surface area (Å²) in [6.07, 6.45) is 3.27. The Morgan fingerprint density at radius 2 is 1.54 bits per heavy atom. The predicted octanol–water partition coefficient (Wildman–Crippen LogP) is 6.66. The molecule has 0 aliphatic heterocycles. The number of carboxylic acids is 1. The number of ether oxygens (including phenoxy) is 2. The van der Waals surface area contributed by atoms with Crippen LogP contribution in [0.25, 0.3) is 28.3 Å². The summed E-state index contributed by atoms with van der Waals surface area (Å²) in [5, 5.41) is 13.5. The van der Waals surface area contributed by atoms with E-state index in [0.29, 0.717) is 29.1 Å². The van der Waals surface area contributed by atoms with Crippen LogP contribution in [0.5, 0.6) is 0 Å². The van der Waals surface area contributed by atoms with Gasteiger partial charge in [-0.1, -0.05) is 47.6 Å². The number of allylic oxidation sites excluding steroid dienone is 3. The summed E-state index contributed by atoms with van der Waals surface area (Å²) in [7, 11) is 0. The number of imide groups is 1. The normalized spacial score (nSPS) is 13.6. The van der Waals surface area contributed by atoms with Crippen molar-refractivity contribution in [3.8, 4) is 22.7 Å². The maximum atomic E-state index is 13.4. The van der Waals surface area contributed by atoms with Gasteiger partial charge in [-0.2, -0.15) is 4.90 Å². The number of aromatic nitrogens is 3. The molecule has 214 valence electrons. The van der Waals surface area contributed by atoms with E-state index in [-0.39, 0.29) is 22.8 Å². The van der Waals surface area contributed by atoms with E-state index < -0.39 is 29.4 Å². The Labute approximate surface area is 237 Å². The molecule has 0 fully saturated rings. The first-order valence-corrected chi connectivity index (χ1v) is 13.0. The molecule has 0 radical (unpaired) electrons. The highest BCUT2D eigenvalue weighted by Crippen LogP contribution is 2.35.